The van der Waals surface area contributed by atoms with Gasteiger partial charge in [-0.25, -0.2) is 0 Å². The molecule has 19 heavy (non-hydrogen) atoms. The van der Waals surface area contributed by atoms with Gasteiger partial charge < -0.3 is 10.0 Å². The summed E-state index contributed by atoms with van der Waals surface area (Å²) in [6.45, 7) is 0. The zero-order valence-electron chi connectivity index (χ0n) is 12.2. The van der Waals surface area contributed by atoms with E-state index >= 15 is 0 Å². The van der Waals surface area contributed by atoms with E-state index in [9.17, 15) is 5.11 Å². The van der Waals surface area contributed by atoms with Crippen LogP contribution in [-0.2, 0) is 6.42 Å². The van der Waals surface area contributed by atoms with Crippen LogP contribution in [0.25, 0.3) is 0 Å². The zero-order valence-corrected chi connectivity index (χ0v) is 12.2. The van der Waals surface area contributed by atoms with Crippen LogP contribution in [0.2, 0.25) is 0 Å². The zero-order chi connectivity index (χ0) is 13.7. The van der Waals surface area contributed by atoms with Gasteiger partial charge in [0, 0.05) is 24.4 Å². The van der Waals surface area contributed by atoms with E-state index in [0.29, 0.717) is 0 Å². The van der Waals surface area contributed by atoms with Crippen molar-refractivity contribution in [1.82, 2.24) is 9.88 Å². The number of aliphatic hydroxyl groups is 1. The number of likely N-dealkylation sites (N-methyl/N-ethyl adjacent to an activating group) is 1. The van der Waals surface area contributed by atoms with Gasteiger partial charge in [-0.05, 0) is 44.6 Å². The van der Waals surface area contributed by atoms with Gasteiger partial charge in [0.2, 0.25) is 0 Å². The predicted octanol–water partition coefficient (Wildman–Crippen LogP) is 2.64. The molecule has 0 spiro atoms. The van der Waals surface area contributed by atoms with Gasteiger partial charge in [0.25, 0.3) is 0 Å². The summed E-state index contributed by atoms with van der Waals surface area (Å²) in [6, 6.07) is 4.01. The van der Waals surface area contributed by atoms with Crippen molar-refractivity contribution in [2.45, 2.75) is 56.6 Å². The van der Waals surface area contributed by atoms with E-state index < -0.39 is 0 Å². The van der Waals surface area contributed by atoms with E-state index in [1.54, 1.807) is 12.4 Å². The van der Waals surface area contributed by atoms with Gasteiger partial charge in [0.15, 0.2) is 0 Å². The standard InChI is InChI=1S/C16H26N2O/c1-18(2)16(9-5-3-4-6-10-16)15(19)13-14-7-11-17-12-8-14/h7-8,11-12,15,19H,3-6,9-10,13H2,1-2H3. The number of pyridine rings is 1. The Kier molecular flexibility index (Phi) is 4.94. The molecule has 1 aliphatic carbocycles. The molecule has 0 radical (unpaired) electrons. The van der Waals surface area contributed by atoms with Gasteiger partial charge in [-0.3, -0.25) is 4.98 Å². The summed E-state index contributed by atoms with van der Waals surface area (Å²) in [6.07, 6.45) is 11.3. The maximum absolute atomic E-state index is 10.8. The molecule has 0 saturated heterocycles. The molecule has 1 aromatic heterocycles. The maximum atomic E-state index is 10.8. The van der Waals surface area contributed by atoms with Crippen molar-refractivity contribution < 1.29 is 5.11 Å². The van der Waals surface area contributed by atoms with Gasteiger partial charge in [0.05, 0.1) is 6.10 Å². The lowest BCUT2D eigenvalue weighted by Crippen LogP contribution is -2.54. The predicted molar refractivity (Wildman–Crippen MR) is 78.1 cm³/mol. The fourth-order valence-electron chi connectivity index (χ4n) is 3.35. The summed E-state index contributed by atoms with van der Waals surface area (Å²) in [5.74, 6) is 0. The van der Waals surface area contributed by atoms with Crippen molar-refractivity contribution in [3.63, 3.8) is 0 Å². The van der Waals surface area contributed by atoms with Crippen molar-refractivity contribution in [3.05, 3.63) is 30.1 Å². The molecule has 0 bridgehead atoms. The smallest absolute Gasteiger partial charge is 0.0763 e. The minimum absolute atomic E-state index is 0.0558. The number of aromatic nitrogens is 1. The molecule has 3 nitrogen and oxygen atoms in total. The van der Waals surface area contributed by atoms with Gasteiger partial charge >= 0.3 is 0 Å². The molecule has 1 aromatic rings. The highest BCUT2D eigenvalue weighted by Crippen LogP contribution is 2.35. The molecule has 1 N–H and O–H groups in total. The van der Waals surface area contributed by atoms with Crippen LogP contribution in [0.1, 0.15) is 44.1 Å². The van der Waals surface area contributed by atoms with Crippen LogP contribution in [0.3, 0.4) is 0 Å². The van der Waals surface area contributed by atoms with Crippen LogP contribution in [0.5, 0.6) is 0 Å². The second-order valence-corrected chi connectivity index (χ2v) is 5.99. The van der Waals surface area contributed by atoms with Crippen molar-refractivity contribution in [2.75, 3.05) is 14.1 Å². The second-order valence-electron chi connectivity index (χ2n) is 5.99. The molecule has 1 heterocycles. The Labute approximate surface area is 116 Å². The van der Waals surface area contributed by atoms with Gasteiger partial charge in [-0.15, -0.1) is 0 Å². The number of aliphatic hydroxyl groups excluding tert-OH is 1. The molecule has 3 heteroatoms. The van der Waals surface area contributed by atoms with Crippen molar-refractivity contribution in [3.8, 4) is 0 Å². The summed E-state index contributed by atoms with van der Waals surface area (Å²) in [7, 11) is 4.22. The van der Waals surface area contributed by atoms with E-state index in [0.717, 1.165) is 19.3 Å². The van der Waals surface area contributed by atoms with Gasteiger partial charge in [0.1, 0.15) is 0 Å². The van der Waals surface area contributed by atoms with E-state index in [4.69, 9.17) is 0 Å². The van der Waals surface area contributed by atoms with Crippen LogP contribution in [0, 0.1) is 0 Å². The molecule has 1 unspecified atom stereocenters. The highest BCUT2D eigenvalue weighted by Gasteiger charge is 2.39. The first-order valence-corrected chi connectivity index (χ1v) is 7.39. The lowest BCUT2D eigenvalue weighted by atomic mass is 9.80. The number of rotatable bonds is 4. The van der Waals surface area contributed by atoms with Crippen LogP contribution in [0.15, 0.2) is 24.5 Å². The van der Waals surface area contributed by atoms with Gasteiger partial charge in [-0.2, -0.15) is 0 Å². The lowest BCUT2D eigenvalue weighted by Gasteiger charge is -2.43. The van der Waals surface area contributed by atoms with Crippen LogP contribution in [-0.4, -0.2) is 40.7 Å². The summed E-state index contributed by atoms with van der Waals surface area (Å²) in [5.41, 5.74) is 1.12. The Balaban J connectivity index is 2.13. The Hall–Kier alpha value is -0.930. The molecule has 0 amide bonds. The molecule has 1 aliphatic rings. The third-order valence-electron chi connectivity index (χ3n) is 4.66. The van der Waals surface area contributed by atoms with E-state index in [1.807, 2.05) is 12.1 Å². The fourth-order valence-corrected chi connectivity index (χ4v) is 3.35. The summed E-state index contributed by atoms with van der Waals surface area (Å²) < 4.78 is 0. The SMILES string of the molecule is CN(C)C1(C(O)Cc2ccncc2)CCCCCC1. The highest BCUT2D eigenvalue weighted by atomic mass is 16.3. The Morgan fingerprint density at radius 2 is 1.74 bits per heavy atom. The highest BCUT2D eigenvalue weighted by molar-refractivity contribution is 5.13. The van der Waals surface area contributed by atoms with E-state index in [2.05, 4.69) is 24.0 Å². The topological polar surface area (TPSA) is 36.4 Å². The molecular weight excluding hydrogens is 236 g/mol. The third-order valence-corrected chi connectivity index (χ3v) is 4.66. The molecular formula is C16H26N2O. The van der Waals surface area contributed by atoms with E-state index in [1.165, 1.54) is 31.2 Å². The van der Waals surface area contributed by atoms with Crippen LogP contribution >= 0.6 is 0 Å². The molecule has 1 atom stereocenters. The average molecular weight is 262 g/mol. The van der Waals surface area contributed by atoms with Gasteiger partial charge in [-0.1, -0.05) is 25.7 Å². The minimum Gasteiger partial charge on any atom is -0.391 e. The fraction of sp³-hybridized carbons (Fsp3) is 0.688. The first-order valence-electron chi connectivity index (χ1n) is 7.39. The number of hydrogen-bond acceptors (Lipinski definition) is 3. The molecule has 106 valence electrons. The Morgan fingerprint density at radius 1 is 1.16 bits per heavy atom. The maximum Gasteiger partial charge on any atom is 0.0763 e. The molecule has 1 fully saturated rings. The van der Waals surface area contributed by atoms with E-state index in [-0.39, 0.29) is 11.6 Å². The number of hydrogen-bond donors (Lipinski definition) is 1. The molecule has 2 rings (SSSR count). The normalized spacial score (nSPS) is 21.1. The van der Waals surface area contributed by atoms with Crippen LogP contribution < -0.4 is 0 Å². The van der Waals surface area contributed by atoms with Crippen molar-refractivity contribution >= 4 is 0 Å². The quantitative estimate of drug-likeness (QED) is 0.847. The lowest BCUT2D eigenvalue weighted by molar-refractivity contribution is -0.0174. The van der Waals surface area contributed by atoms with Crippen molar-refractivity contribution in [2.24, 2.45) is 0 Å². The average Bonchev–Trinajstić information content (AvgIpc) is 2.66. The first kappa shape index (κ1) is 14.5. The van der Waals surface area contributed by atoms with Crippen molar-refractivity contribution in [1.29, 1.82) is 0 Å². The summed E-state index contributed by atoms with van der Waals surface area (Å²) >= 11 is 0. The molecule has 0 aliphatic heterocycles. The Morgan fingerprint density at radius 3 is 2.26 bits per heavy atom. The minimum atomic E-state index is -0.303. The molecule has 0 aromatic carbocycles. The summed E-state index contributed by atoms with van der Waals surface area (Å²) in [4.78, 5) is 6.29. The number of nitrogens with zero attached hydrogens (tertiary/aromatic N) is 2. The third kappa shape index (κ3) is 3.34. The monoisotopic (exact) mass is 262 g/mol. The molecule has 1 saturated carbocycles. The second kappa shape index (κ2) is 6.49. The largest absolute Gasteiger partial charge is 0.391 e. The first-order chi connectivity index (χ1) is 9.15. The Bertz CT molecular complexity index is 370. The van der Waals surface area contributed by atoms with Crippen LogP contribution in [0.4, 0.5) is 0 Å². The summed E-state index contributed by atoms with van der Waals surface area (Å²) in [5, 5.41) is 10.8.